The summed E-state index contributed by atoms with van der Waals surface area (Å²) in [7, 11) is 0. The highest BCUT2D eigenvalue weighted by molar-refractivity contribution is 5.92. The number of nitrogens with zero attached hydrogens (tertiary/aromatic N) is 2. The molecule has 20 heavy (non-hydrogen) atoms. The average Bonchev–Trinajstić information content (AvgIpc) is 2.91. The first-order valence-electron chi connectivity index (χ1n) is 6.20. The lowest BCUT2D eigenvalue weighted by Gasteiger charge is -2.21. The van der Waals surface area contributed by atoms with Crippen LogP contribution < -0.4 is 4.74 Å². The standard InChI is InChI=1S/C15H10N2O3/c18-15(19)13-12-7-20-14-10-4-2-1-3-9(10)5-6-11(14)17(12)8-16-13/h1-6,8H,7H2,(H,18,19). The maximum Gasteiger partial charge on any atom is 0.356 e. The summed E-state index contributed by atoms with van der Waals surface area (Å²) in [6, 6.07) is 11.9. The summed E-state index contributed by atoms with van der Waals surface area (Å²) in [5, 5.41) is 11.2. The third-order valence-corrected chi connectivity index (χ3v) is 3.54. The van der Waals surface area contributed by atoms with Gasteiger partial charge in [-0.25, -0.2) is 9.78 Å². The van der Waals surface area contributed by atoms with Gasteiger partial charge in [0.05, 0.1) is 11.4 Å². The molecule has 1 aliphatic heterocycles. The van der Waals surface area contributed by atoms with E-state index in [1.54, 1.807) is 4.57 Å². The molecule has 0 spiro atoms. The average molecular weight is 266 g/mol. The van der Waals surface area contributed by atoms with Gasteiger partial charge in [0.25, 0.3) is 0 Å². The number of fused-ring (bicyclic) bond motifs is 5. The van der Waals surface area contributed by atoms with Crippen LogP contribution in [0.4, 0.5) is 0 Å². The number of aromatic carboxylic acids is 1. The quantitative estimate of drug-likeness (QED) is 0.735. The molecule has 3 aromatic rings. The summed E-state index contributed by atoms with van der Waals surface area (Å²) < 4.78 is 7.57. The van der Waals surface area contributed by atoms with Crippen LogP contribution in [0.3, 0.4) is 0 Å². The molecule has 0 atom stereocenters. The highest BCUT2D eigenvalue weighted by Crippen LogP contribution is 2.37. The van der Waals surface area contributed by atoms with E-state index < -0.39 is 5.97 Å². The minimum absolute atomic E-state index is 0.0452. The van der Waals surface area contributed by atoms with Crippen molar-refractivity contribution >= 4 is 16.7 Å². The maximum absolute atomic E-state index is 11.1. The highest BCUT2D eigenvalue weighted by atomic mass is 16.5. The summed E-state index contributed by atoms with van der Waals surface area (Å²) in [6.07, 6.45) is 1.54. The van der Waals surface area contributed by atoms with Crippen LogP contribution in [-0.4, -0.2) is 20.6 Å². The first kappa shape index (κ1) is 11.0. The number of carboxylic acid groups (broad SMARTS) is 1. The molecule has 5 heteroatoms. The molecule has 2 heterocycles. The second-order valence-corrected chi connectivity index (χ2v) is 4.64. The normalized spacial score (nSPS) is 12.6. The third-order valence-electron chi connectivity index (χ3n) is 3.54. The Balaban J connectivity index is 2.02. The summed E-state index contributed by atoms with van der Waals surface area (Å²) in [5.74, 6) is -0.267. The second-order valence-electron chi connectivity index (χ2n) is 4.64. The van der Waals surface area contributed by atoms with Gasteiger partial charge in [-0.1, -0.05) is 30.3 Å². The van der Waals surface area contributed by atoms with Gasteiger partial charge in [0.1, 0.15) is 12.9 Å². The minimum Gasteiger partial charge on any atom is -0.484 e. The lowest BCUT2D eigenvalue weighted by molar-refractivity contribution is 0.0687. The molecular weight excluding hydrogens is 256 g/mol. The number of hydrogen-bond donors (Lipinski definition) is 1. The number of hydrogen-bond acceptors (Lipinski definition) is 3. The number of carboxylic acids is 1. The third kappa shape index (κ3) is 1.37. The van der Waals surface area contributed by atoms with E-state index in [0.29, 0.717) is 5.69 Å². The molecule has 0 unspecified atom stereocenters. The summed E-state index contributed by atoms with van der Waals surface area (Å²) >= 11 is 0. The van der Waals surface area contributed by atoms with Gasteiger partial charge in [0.15, 0.2) is 11.4 Å². The first-order valence-corrected chi connectivity index (χ1v) is 6.20. The monoisotopic (exact) mass is 266 g/mol. The van der Waals surface area contributed by atoms with E-state index >= 15 is 0 Å². The Kier molecular flexibility index (Phi) is 2.12. The Labute approximate surface area is 114 Å². The van der Waals surface area contributed by atoms with Crippen LogP contribution in [-0.2, 0) is 6.61 Å². The predicted octanol–water partition coefficient (Wildman–Crippen LogP) is 2.62. The Bertz CT molecular complexity index is 851. The van der Waals surface area contributed by atoms with Crippen LogP contribution in [0.5, 0.6) is 5.75 Å². The topological polar surface area (TPSA) is 64.3 Å². The van der Waals surface area contributed by atoms with Crippen molar-refractivity contribution in [3.8, 4) is 11.4 Å². The van der Waals surface area contributed by atoms with Crippen LogP contribution in [0.1, 0.15) is 16.2 Å². The van der Waals surface area contributed by atoms with Gasteiger partial charge < -0.3 is 9.84 Å². The van der Waals surface area contributed by atoms with Crippen molar-refractivity contribution in [1.29, 1.82) is 0 Å². The number of imidazole rings is 1. The van der Waals surface area contributed by atoms with E-state index in [1.807, 2.05) is 36.4 Å². The van der Waals surface area contributed by atoms with E-state index in [0.717, 1.165) is 22.2 Å². The molecule has 1 aliphatic rings. The lowest BCUT2D eigenvalue weighted by Crippen LogP contribution is -2.15. The van der Waals surface area contributed by atoms with Gasteiger partial charge >= 0.3 is 5.97 Å². The number of aromatic nitrogens is 2. The van der Waals surface area contributed by atoms with E-state index in [-0.39, 0.29) is 12.3 Å². The van der Waals surface area contributed by atoms with Crippen LogP contribution in [0.25, 0.3) is 16.5 Å². The fraction of sp³-hybridized carbons (Fsp3) is 0.0667. The Morgan fingerprint density at radius 2 is 2.10 bits per heavy atom. The second kappa shape index (κ2) is 3.84. The zero-order valence-electron chi connectivity index (χ0n) is 10.4. The zero-order chi connectivity index (χ0) is 13.7. The van der Waals surface area contributed by atoms with Crippen molar-refractivity contribution < 1.29 is 14.6 Å². The summed E-state index contributed by atoms with van der Waals surface area (Å²) in [4.78, 5) is 15.1. The van der Waals surface area contributed by atoms with Crippen molar-refractivity contribution in [1.82, 2.24) is 9.55 Å². The molecule has 5 nitrogen and oxygen atoms in total. The van der Waals surface area contributed by atoms with Crippen LogP contribution in [0, 0.1) is 0 Å². The number of rotatable bonds is 1. The molecule has 1 aromatic heterocycles. The molecule has 0 bridgehead atoms. The van der Waals surface area contributed by atoms with Crippen molar-refractivity contribution in [2.75, 3.05) is 0 Å². The SMILES string of the molecule is O=C(O)c1ncn2c1COc1c-2ccc2ccccc12. The van der Waals surface area contributed by atoms with Crippen LogP contribution in [0.2, 0.25) is 0 Å². The molecule has 0 radical (unpaired) electrons. The van der Waals surface area contributed by atoms with Gasteiger partial charge in [-0.2, -0.15) is 0 Å². The summed E-state index contributed by atoms with van der Waals surface area (Å²) in [6.45, 7) is 0.211. The lowest BCUT2D eigenvalue weighted by atomic mass is 10.1. The molecule has 98 valence electrons. The van der Waals surface area contributed by atoms with Gasteiger partial charge in [-0.15, -0.1) is 0 Å². The Morgan fingerprint density at radius 1 is 1.25 bits per heavy atom. The van der Waals surface area contributed by atoms with Gasteiger partial charge in [-0.3, -0.25) is 4.57 Å². The molecule has 2 aromatic carbocycles. The fourth-order valence-corrected chi connectivity index (χ4v) is 2.61. The Morgan fingerprint density at radius 3 is 2.95 bits per heavy atom. The fourth-order valence-electron chi connectivity index (χ4n) is 2.61. The minimum atomic E-state index is -1.04. The largest absolute Gasteiger partial charge is 0.484 e. The van der Waals surface area contributed by atoms with E-state index in [2.05, 4.69) is 4.98 Å². The molecule has 1 N–H and O–H groups in total. The predicted molar refractivity (Wildman–Crippen MR) is 72.4 cm³/mol. The van der Waals surface area contributed by atoms with Crippen molar-refractivity contribution in [2.45, 2.75) is 6.61 Å². The summed E-state index contributed by atoms with van der Waals surface area (Å²) in [5.41, 5.74) is 1.44. The number of carbonyl (C=O) groups is 1. The van der Waals surface area contributed by atoms with Crippen molar-refractivity contribution in [3.63, 3.8) is 0 Å². The van der Waals surface area contributed by atoms with E-state index in [1.165, 1.54) is 6.33 Å². The molecule has 4 rings (SSSR count). The molecule has 0 saturated heterocycles. The van der Waals surface area contributed by atoms with Crippen molar-refractivity contribution in [3.05, 3.63) is 54.1 Å². The van der Waals surface area contributed by atoms with E-state index in [9.17, 15) is 4.79 Å². The molecular formula is C15H10N2O3. The molecule has 0 saturated carbocycles. The van der Waals surface area contributed by atoms with E-state index in [4.69, 9.17) is 9.84 Å². The molecule has 0 fully saturated rings. The highest BCUT2D eigenvalue weighted by Gasteiger charge is 2.25. The van der Waals surface area contributed by atoms with Crippen molar-refractivity contribution in [2.24, 2.45) is 0 Å². The van der Waals surface area contributed by atoms with Gasteiger partial charge in [0.2, 0.25) is 0 Å². The smallest absolute Gasteiger partial charge is 0.356 e. The van der Waals surface area contributed by atoms with Gasteiger partial charge in [0, 0.05) is 5.39 Å². The molecule has 0 amide bonds. The van der Waals surface area contributed by atoms with Crippen LogP contribution in [0.15, 0.2) is 42.7 Å². The molecule has 0 aliphatic carbocycles. The van der Waals surface area contributed by atoms with Gasteiger partial charge in [-0.05, 0) is 11.5 Å². The van der Waals surface area contributed by atoms with Crippen LogP contribution >= 0.6 is 0 Å². The maximum atomic E-state index is 11.1. The number of benzene rings is 2. The zero-order valence-corrected chi connectivity index (χ0v) is 10.4. The Hall–Kier alpha value is -2.82. The first-order chi connectivity index (χ1) is 9.75. The number of ether oxygens (including phenoxy) is 1.